The smallest absolute Gasteiger partial charge is 0.270 e. The summed E-state index contributed by atoms with van der Waals surface area (Å²) in [6.07, 6.45) is 5.67. The fraction of sp³-hybridized carbons (Fsp3) is 0.333. The Balaban J connectivity index is 1.50. The van der Waals surface area contributed by atoms with Gasteiger partial charge in [0, 0.05) is 25.2 Å². The van der Waals surface area contributed by atoms with Gasteiger partial charge in [0.05, 0.1) is 11.4 Å². The fourth-order valence-corrected chi connectivity index (χ4v) is 6.98. The van der Waals surface area contributed by atoms with Crippen LogP contribution in [-0.2, 0) is 24.3 Å². The van der Waals surface area contributed by atoms with Crippen molar-refractivity contribution in [2.24, 2.45) is 5.92 Å². The summed E-state index contributed by atoms with van der Waals surface area (Å²) in [4.78, 5) is 31.5. The van der Waals surface area contributed by atoms with Crippen LogP contribution >= 0.6 is 24.0 Å². The van der Waals surface area contributed by atoms with Crippen LogP contribution in [0.25, 0.3) is 6.08 Å². The van der Waals surface area contributed by atoms with E-state index in [1.54, 1.807) is 9.47 Å². The summed E-state index contributed by atoms with van der Waals surface area (Å²) >= 11 is 6.89. The molecule has 1 aromatic heterocycles. The minimum absolute atomic E-state index is 0.132. The number of aromatic nitrogens is 1. The number of pyridine rings is 1. The maximum atomic E-state index is 13.6. The molecule has 2 saturated heterocycles. The summed E-state index contributed by atoms with van der Waals surface area (Å²) in [7, 11) is 0. The van der Waals surface area contributed by atoms with E-state index in [9.17, 15) is 14.9 Å². The molecule has 0 aliphatic carbocycles. The highest BCUT2D eigenvalue weighted by Gasteiger charge is 2.34. The van der Waals surface area contributed by atoms with Gasteiger partial charge in [0.2, 0.25) is 0 Å². The van der Waals surface area contributed by atoms with Crippen LogP contribution in [0.15, 0.2) is 70.4 Å². The lowest BCUT2D eigenvalue weighted by Crippen LogP contribution is -2.40. The second-order valence-electron chi connectivity index (χ2n) is 10.7. The number of piperidine rings is 1. The molecule has 210 valence electrons. The molecule has 0 saturated carbocycles. The quantitative estimate of drug-likeness (QED) is 0.229. The molecule has 0 atom stereocenters. The molecule has 3 aromatic rings. The highest BCUT2D eigenvalue weighted by atomic mass is 32.2. The highest BCUT2D eigenvalue weighted by Crippen LogP contribution is 2.37. The zero-order valence-corrected chi connectivity index (χ0v) is 25.1. The van der Waals surface area contributed by atoms with Gasteiger partial charge in [-0.15, -0.1) is 0 Å². The fourth-order valence-electron chi connectivity index (χ4n) is 5.75. The number of nitriles is 1. The van der Waals surface area contributed by atoms with E-state index in [1.807, 2.05) is 56.3 Å². The molecule has 0 unspecified atom stereocenters. The lowest BCUT2D eigenvalue weighted by molar-refractivity contribution is -0.122. The molecular formula is C33H34N4O2S2. The van der Waals surface area contributed by atoms with Crippen molar-refractivity contribution in [2.75, 3.05) is 18.0 Å². The van der Waals surface area contributed by atoms with Crippen molar-refractivity contribution in [2.45, 2.75) is 52.6 Å². The van der Waals surface area contributed by atoms with E-state index in [2.05, 4.69) is 35.2 Å². The molecule has 8 heteroatoms. The Morgan fingerprint density at radius 1 is 1.02 bits per heavy atom. The maximum Gasteiger partial charge on any atom is 0.270 e. The number of rotatable bonds is 8. The van der Waals surface area contributed by atoms with Crippen LogP contribution < -0.4 is 10.5 Å². The summed E-state index contributed by atoms with van der Waals surface area (Å²) in [5, 5.41) is 9.95. The summed E-state index contributed by atoms with van der Waals surface area (Å²) in [6.45, 7) is 6.37. The Labute approximate surface area is 251 Å². The monoisotopic (exact) mass is 582 g/mol. The van der Waals surface area contributed by atoms with E-state index in [0.717, 1.165) is 55.7 Å². The number of carbonyl (C=O) groups is 1. The molecule has 0 bridgehead atoms. The van der Waals surface area contributed by atoms with Crippen LogP contribution in [0.2, 0.25) is 0 Å². The van der Waals surface area contributed by atoms with Gasteiger partial charge in [-0.2, -0.15) is 5.26 Å². The normalized spacial score (nSPS) is 17.0. The molecule has 2 fully saturated rings. The van der Waals surface area contributed by atoms with Crippen molar-refractivity contribution in [3.05, 3.63) is 104 Å². The number of anilines is 1. The van der Waals surface area contributed by atoms with Crippen molar-refractivity contribution < 1.29 is 4.79 Å². The molecule has 2 aliphatic heterocycles. The molecule has 41 heavy (non-hydrogen) atoms. The van der Waals surface area contributed by atoms with Crippen LogP contribution in [-0.4, -0.2) is 32.8 Å². The number of thioether (sulfide) groups is 1. The van der Waals surface area contributed by atoms with Crippen molar-refractivity contribution in [1.29, 1.82) is 5.26 Å². The summed E-state index contributed by atoms with van der Waals surface area (Å²) in [5.74, 6) is 1.22. The van der Waals surface area contributed by atoms with Gasteiger partial charge >= 0.3 is 0 Å². The zero-order valence-electron chi connectivity index (χ0n) is 23.5. The maximum absolute atomic E-state index is 13.6. The average Bonchev–Trinajstić information content (AvgIpc) is 3.25. The molecule has 0 radical (unpaired) electrons. The predicted octanol–water partition coefficient (Wildman–Crippen LogP) is 6.30. The number of amides is 1. The van der Waals surface area contributed by atoms with E-state index in [4.69, 9.17) is 12.2 Å². The standard InChI is InChI=1S/C33H34N4O2S2/c1-3-16-36-30(35-17-14-25(15-18-35)19-24-10-6-4-7-11-24)27(23(2)28(21-34)31(36)38)20-29-32(39)37(33(40)41-29)22-26-12-8-5-9-13-26/h4-13,20,25H,3,14-19,22H2,1-2H3. The van der Waals surface area contributed by atoms with Crippen molar-refractivity contribution in [3.8, 4) is 6.07 Å². The first kappa shape index (κ1) is 28.8. The van der Waals surface area contributed by atoms with Crippen LogP contribution in [0.4, 0.5) is 5.82 Å². The van der Waals surface area contributed by atoms with Crippen LogP contribution in [0.5, 0.6) is 0 Å². The number of benzene rings is 2. The Kier molecular flexibility index (Phi) is 9.06. The molecule has 0 N–H and O–H groups in total. The largest absolute Gasteiger partial charge is 0.357 e. The number of carbonyl (C=O) groups excluding carboxylic acids is 1. The van der Waals surface area contributed by atoms with Crippen molar-refractivity contribution >= 4 is 46.1 Å². The minimum Gasteiger partial charge on any atom is -0.357 e. The number of hydrogen-bond acceptors (Lipinski definition) is 6. The highest BCUT2D eigenvalue weighted by molar-refractivity contribution is 8.26. The topological polar surface area (TPSA) is 69.3 Å². The Morgan fingerprint density at radius 3 is 2.27 bits per heavy atom. The van der Waals surface area contributed by atoms with Gasteiger partial charge in [-0.25, -0.2) is 0 Å². The van der Waals surface area contributed by atoms with Crippen molar-refractivity contribution in [3.63, 3.8) is 0 Å². The van der Waals surface area contributed by atoms with Gasteiger partial charge in [-0.1, -0.05) is 91.6 Å². The predicted molar refractivity (Wildman–Crippen MR) is 171 cm³/mol. The Hall–Kier alpha value is -3.67. The summed E-state index contributed by atoms with van der Waals surface area (Å²) in [5.41, 5.74) is 3.59. The molecular weight excluding hydrogens is 549 g/mol. The molecule has 1 amide bonds. The molecule has 2 aliphatic rings. The number of hydrogen-bond donors (Lipinski definition) is 0. The lowest BCUT2D eigenvalue weighted by atomic mass is 9.90. The Morgan fingerprint density at radius 2 is 1.66 bits per heavy atom. The van der Waals surface area contributed by atoms with E-state index >= 15 is 0 Å². The number of thiocarbonyl (C=S) groups is 1. The summed E-state index contributed by atoms with van der Waals surface area (Å²) < 4.78 is 2.26. The molecule has 3 heterocycles. The minimum atomic E-state index is -0.262. The third-order valence-corrected chi connectivity index (χ3v) is 9.29. The summed E-state index contributed by atoms with van der Waals surface area (Å²) in [6, 6.07) is 22.5. The number of nitrogens with zero attached hydrogens (tertiary/aromatic N) is 4. The second kappa shape index (κ2) is 12.9. The first-order valence-corrected chi connectivity index (χ1v) is 15.4. The third kappa shape index (κ3) is 6.17. The van der Waals surface area contributed by atoms with E-state index < -0.39 is 0 Å². The van der Waals surface area contributed by atoms with Gasteiger partial charge in [0.15, 0.2) is 0 Å². The van der Waals surface area contributed by atoms with Gasteiger partial charge in [-0.3, -0.25) is 19.1 Å². The van der Waals surface area contributed by atoms with Gasteiger partial charge in [0.25, 0.3) is 11.5 Å². The SMILES string of the molecule is CCCn1c(N2CCC(Cc3ccccc3)CC2)c(C=C2SC(=S)N(Cc3ccccc3)C2=O)c(C)c(C#N)c1=O. The van der Waals surface area contributed by atoms with Gasteiger partial charge < -0.3 is 4.90 Å². The molecule has 0 spiro atoms. The first-order valence-electron chi connectivity index (χ1n) is 14.2. The van der Waals surface area contributed by atoms with E-state index in [0.29, 0.717) is 33.8 Å². The zero-order chi connectivity index (χ0) is 28.9. The third-order valence-electron chi connectivity index (χ3n) is 7.91. The van der Waals surface area contributed by atoms with E-state index in [1.165, 1.54) is 17.3 Å². The van der Waals surface area contributed by atoms with Crippen molar-refractivity contribution in [1.82, 2.24) is 9.47 Å². The molecule has 2 aromatic carbocycles. The Bertz CT molecular complexity index is 1570. The van der Waals surface area contributed by atoms with Crippen LogP contribution in [0.1, 0.15) is 54.0 Å². The second-order valence-corrected chi connectivity index (χ2v) is 12.4. The molecule has 6 nitrogen and oxygen atoms in total. The van der Waals surface area contributed by atoms with E-state index in [-0.39, 0.29) is 17.0 Å². The van der Waals surface area contributed by atoms with Gasteiger partial charge in [-0.05, 0) is 61.3 Å². The van der Waals surface area contributed by atoms with Crippen LogP contribution in [0.3, 0.4) is 0 Å². The average molecular weight is 583 g/mol. The van der Waals surface area contributed by atoms with Crippen LogP contribution in [0, 0.1) is 24.2 Å². The van der Waals surface area contributed by atoms with Gasteiger partial charge in [0.1, 0.15) is 21.8 Å². The lowest BCUT2D eigenvalue weighted by Gasteiger charge is -2.36. The molecule has 5 rings (SSSR count). The first-order chi connectivity index (χ1) is 19.9.